The van der Waals surface area contributed by atoms with Crippen LogP contribution in [0, 0.1) is 11.6 Å². The van der Waals surface area contributed by atoms with E-state index in [0.717, 1.165) is 11.3 Å². The largest absolute Gasteiger partial charge is 0.451 e. The summed E-state index contributed by atoms with van der Waals surface area (Å²) in [5.41, 5.74) is 0.390. The van der Waals surface area contributed by atoms with Crippen LogP contribution in [0.25, 0.3) is 10.1 Å². The molecule has 0 aliphatic rings. The van der Waals surface area contributed by atoms with Gasteiger partial charge in [0, 0.05) is 15.8 Å². The van der Waals surface area contributed by atoms with Gasteiger partial charge in [-0.05, 0) is 42.5 Å². The first kappa shape index (κ1) is 16.1. The minimum atomic E-state index is -0.704. The molecule has 0 bridgehead atoms. The van der Waals surface area contributed by atoms with Crippen LogP contribution in [0.15, 0.2) is 48.5 Å². The van der Waals surface area contributed by atoms with Crippen LogP contribution in [-0.2, 0) is 9.53 Å². The summed E-state index contributed by atoms with van der Waals surface area (Å²) in [7, 11) is 0. The van der Waals surface area contributed by atoms with E-state index in [-0.39, 0.29) is 4.88 Å². The summed E-state index contributed by atoms with van der Waals surface area (Å²) in [6.45, 7) is -0.493. The molecule has 2 aromatic carbocycles. The molecule has 24 heavy (non-hydrogen) atoms. The number of halogens is 2. The Bertz CT molecular complexity index is 906. The summed E-state index contributed by atoms with van der Waals surface area (Å²) >= 11 is 1.09. The standard InChI is InChI=1S/C17H11F2NO3S/c18-10-4-6-11(7-5-10)20-16(21)9-23-17(22)15-8-12-13(19)2-1-3-14(12)24-15/h1-8H,9H2,(H,20,21). The van der Waals surface area contributed by atoms with Gasteiger partial charge in [-0.2, -0.15) is 0 Å². The van der Waals surface area contributed by atoms with Gasteiger partial charge in [0.05, 0.1) is 0 Å². The summed E-state index contributed by atoms with van der Waals surface area (Å²) in [5, 5.41) is 2.81. The second-order valence-corrected chi connectivity index (χ2v) is 5.98. The van der Waals surface area contributed by atoms with Crippen LogP contribution in [0.5, 0.6) is 0 Å². The lowest BCUT2D eigenvalue weighted by atomic mass is 10.2. The molecule has 122 valence electrons. The van der Waals surface area contributed by atoms with Crippen molar-refractivity contribution in [2.75, 3.05) is 11.9 Å². The van der Waals surface area contributed by atoms with Crippen molar-refractivity contribution in [3.05, 3.63) is 65.0 Å². The lowest BCUT2D eigenvalue weighted by molar-refractivity contribution is -0.119. The third kappa shape index (κ3) is 3.57. The SMILES string of the molecule is O=C(COC(=O)c1cc2c(F)cccc2s1)Nc1ccc(F)cc1. The molecule has 0 fully saturated rings. The average Bonchev–Trinajstić information content (AvgIpc) is 3.00. The van der Waals surface area contributed by atoms with E-state index in [4.69, 9.17) is 4.74 Å². The molecule has 1 amide bonds. The molecule has 0 saturated heterocycles. The van der Waals surface area contributed by atoms with Gasteiger partial charge in [-0.15, -0.1) is 11.3 Å². The number of carbonyl (C=O) groups is 2. The highest BCUT2D eigenvalue weighted by Crippen LogP contribution is 2.28. The van der Waals surface area contributed by atoms with E-state index < -0.39 is 30.1 Å². The fourth-order valence-electron chi connectivity index (χ4n) is 2.06. The maximum atomic E-state index is 13.6. The van der Waals surface area contributed by atoms with Crippen LogP contribution >= 0.6 is 11.3 Å². The summed E-state index contributed by atoms with van der Waals surface area (Å²) in [4.78, 5) is 23.9. The highest BCUT2D eigenvalue weighted by molar-refractivity contribution is 7.20. The Balaban J connectivity index is 1.60. The lowest BCUT2D eigenvalue weighted by Crippen LogP contribution is -2.20. The van der Waals surface area contributed by atoms with Crippen LogP contribution in [-0.4, -0.2) is 18.5 Å². The Morgan fingerprint density at radius 3 is 2.54 bits per heavy atom. The summed E-state index contributed by atoms with van der Waals surface area (Å²) in [6.07, 6.45) is 0. The Kier molecular flexibility index (Phi) is 4.52. The number of anilines is 1. The van der Waals surface area contributed by atoms with E-state index >= 15 is 0 Å². The molecule has 0 radical (unpaired) electrons. The predicted octanol–water partition coefficient (Wildman–Crippen LogP) is 3.98. The van der Waals surface area contributed by atoms with Crippen molar-refractivity contribution >= 4 is 39.0 Å². The molecule has 0 unspecified atom stereocenters. The maximum Gasteiger partial charge on any atom is 0.348 e. The summed E-state index contributed by atoms with van der Waals surface area (Å²) in [6, 6.07) is 11.1. The van der Waals surface area contributed by atoms with Crippen molar-refractivity contribution in [2.24, 2.45) is 0 Å². The highest BCUT2D eigenvalue weighted by Gasteiger charge is 2.15. The van der Waals surface area contributed by atoms with E-state index in [9.17, 15) is 18.4 Å². The van der Waals surface area contributed by atoms with Gasteiger partial charge >= 0.3 is 5.97 Å². The third-order valence-electron chi connectivity index (χ3n) is 3.17. The number of carbonyl (C=O) groups excluding carboxylic acids is 2. The van der Waals surface area contributed by atoms with E-state index in [2.05, 4.69) is 5.32 Å². The topological polar surface area (TPSA) is 55.4 Å². The number of benzene rings is 2. The van der Waals surface area contributed by atoms with Gasteiger partial charge in [0.1, 0.15) is 16.5 Å². The fraction of sp³-hybridized carbons (Fsp3) is 0.0588. The van der Waals surface area contributed by atoms with Gasteiger partial charge in [0.2, 0.25) is 0 Å². The molecule has 0 aliphatic carbocycles. The number of hydrogen-bond acceptors (Lipinski definition) is 4. The van der Waals surface area contributed by atoms with Crippen LogP contribution < -0.4 is 5.32 Å². The normalized spacial score (nSPS) is 10.6. The molecule has 3 rings (SSSR count). The molecule has 0 spiro atoms. The van der Waals surface area contributed by atoms with Gasteiger partial charge in [-0.1, -0.05) is 6.07 Å². The number of nitrogens with one attached hydrogen (secondary N) is 1. The second-order valence-electron chi connectivity index (χ2n) is 4.89. The molecule has 0 saturated carbocycles. The molecule has 1 heterocycles. The first-order chi connectivity index (χ1) is 11.5. The van der Waals surface area contributed by atoms with Crippen molar-refractivity contribution in [3.63, 3.8) is 0 Å². The van der Waals surface area contributed by atoms with Gasteiger partial charge in [0.25, 0.3) is 5.91 Å². The molecule has 1 aromatic heterocycles. The number of rotatable bonds is 4. The lowest BCUT2D eigenvalue weighted by Gasteiger charge is -2.05. The zero-order valence-corrected chi connectivity index (χ0v) is 13.0. The fourth-order valence-corrected chi connectivity index (χ4v) is 3.03. The second kappa shape index (κ2) is 6.76. The third-order valence-corrected chi connectivity index (χ3v) is 4.25. The summed E-state index contributed by atoms with van der Waals surface area (Å²) < 4.78 is 31.9. The van der Waals surface area contributed by atoms with Gasteiger partial charge in [-0.25, -0.2) is 13.6 Å². The number of ether oxygens (including phenoxy) is 1. The number of fused-ring (bicyclic) bond motifs is 1. The zero-order chi connectivity index (χ0) is 17.1. The predicted molar refractivity (Wildman–Crippen MR) is 87.1 cm³/mol. The first-order valence-corrected chi connectivity index (χ1v) is 7.75. The van der Waals surface area contributed by atoms with Crippen molar-refractivity contribution < 1.29 is 23.1 Å². The van der Waals surface area contributed by atoms with Crippen LogP contribution in [0.2, 0.25) is 0 Å². The van der Waals surface area contributed by atoms with Crippen molar-refractivity contribution in [2.45, 2.75) is 0 Å². The van der Waals surface area contributed by atoms with E-state index in [1.165, 1.54) is 36.4 Å². The van der Waals surface area contributed by atoms with Gasteiger partial charge < -0.3 is 10.1 Å². The molecule has 0 aliphatic heterocycles. The number of thiophene rings is 1. The Labute approximate surface area is 139 Å². The van der Waals surface area contributed by atoms with E-state index in [0.29, 0.717) is 15.8 Å². The Morgan fingerprint density at radius 1 is 1.08 bits per heavy atom. The minimum absolute atomic E-state index is 0.213. The highest BCUT2D eigenvalue weighted by atomic mass is 32.1. The van der Waals surface area contributed by atoms with Crippen LogP contribution in [0.1, 0.15) is 9.67 Å². The smallest absolute Gasteiger partial charge is 0.348 e. The molecule has 7 heteroatoms. The van der Waals surface area contributed by atoms with Crippen molar-refractivity contribution in [1.82, 2.24) is 0 Å². The molecular weight excluding hydrogens is 336 g/mol. The minimum Gasteiger partial charge on any atom is -0.451 e. The Morgan fingerprint density at radius 2 is 1.83 bits per heavy atom. The maximum absolute atomic E-state index is 13.6. The van der Waals surface area contributed by atoms with Crippen LogP contribution in [0.4, 0.5) is 14.5 Å². The molecular formula is C17H11F2NO3S. The van der Waals surface area contributed by atoms with Crippen molar-refractivity contribution in [3.8, 4) is 0 Å². The zero-order valence-electron chi connectivity index (χ0n) is 12.2. The first-order valence-electron chi connectivity index (χ1n) is 6.93. The number of hydrogen-bond donors (Lipinski definition) is 1. The van der Waals surface area contributed by atoms with Gasteiger partial charge in [0.15, 0.2) is 6.61 Å². The number of amides is 1. The molecule has 1 N–H and O–H groups in total. The van der Waals surface area contributed by atoms with Crippen molar-refractivity contribution in [1.29, 1.82) is 0 Å². The Hall–Kier alpha value is -2.80. The van der Waals surface area contributed by atoms with Crippen LogP contribution in [0.3, 0.4) is 0 Å². The van der Waals surface area contributed by atoms with E-state index in [1.807, 2.05) is 0 Å². The molecule has 4 nitrogen and oxygen atoms in total. The molecule has 3 aromatic rings. The monoisotopic (exact) mass is 347 g/mol. The summed E-state index contributed by atoms with van der Waals surface area (Å²) in [5.74, 6) is -2.10. The molecule has 0 atom stereocenters. The van der Waals surface area contributed by atoms with E-state index in [1.54, 1.807) is 12.1 Å². The average molecular weight is 347 g/mol. The quantitative estimate of drug-likeness (QED) is 0.727. The number of esters is 1. The van der Waals surface area contributed by atoms with Gasteiger partial charge in [-0.3, -0.25) is 4.79 Å².